The number of hydrogen-bond donors (Lipinski definition) is 2. The van der Waals surface area contributed by atoms with Crippen LogP contribution < -0.4 is 10.6 Å². The zero-order chi connectivity index (χ0) is 18.1. The van der Waals surface area contributed by atoms with E-state index < -0.39 is 6.04 Å². The van der Waals surface area contributed by atoms with Gasteiger partial charge in [0.2, 0.25) is 5.95 Å². The molecule has 0 saturated heterocycles. The second kappa shape index (κ2) is 6.40. The van der Waals surface area contributed by atoms with E-state index in [-0.39, 0.29) is 11.7 Å². The van der Waals surface area contributed by atoms with E-state index in [1.165, 1.54) is 16.8 Å². The number of allylic oxidation sites excluding steroid dienone is 1. The number of carbonyl (C=O) groups excluding carboxylic acids is 1. The normalized spacial score (nSPS) is 16.0. The van der Waals surface area contributed by atoms with Gasteiger partial charge in [0.05, 0.1) is 5.57 Å². The zero-order valence-corrected chi connectivity index (χ0v) is 13.8. The Bertz CT molecular complexity index is 980. The van der Waals surface area contributed by atoms with Crippen LogP contribution >= 0.6 is 0 Å². The Morgan fingerprint density at radius 2 is 1.88 bits per heavy atom. The number of benzene rings is 2. The van der Waals surface area contributed by atoms with E-state index >= 15 is 0 Å². The van der Waals surface area contributed by atoms with Crippen LogP contribution in [0.15, 0.2) is 65.9 Å². The van der Waals surface area contributed by atoms with Crippen molar-refractivity contribution in [2.75, 3.05) is 10.6 Å². The van der Waals surface area contributed by atoms with Gasteiger partial charge in [0.1, 0.15) is 11.9 Å². The minimum absolute atomic E-state index is 0.281. The van der Waals surface area contributed by atoms with E-state index in [1.807, 2.05) is 18.2 Å². The number of carbonyl (C=O) groups is 1. The molecule has 3 aromatic rings. The standard InChI is InChI=1S/C18H15FN6O/c1-11-15(17(26)21-14-5-3-2-4-6-14)16(12-7-9-13(19)10-8-12)25-18(20-11)22-23-24-25/h2-10,16H,1H3,(H,21,26)(H,20,22,24). The molecule has 1 amide bonds. The molecule has 0 spiro atoms. The number of nitrogens with one attached hydrogen (secondary N) is 2. The molecule has 1 aromatic heterocycles. The van der Waals surface area contributed by atoms with Crippen molar-refractivity contribution in [2.24, 2.45) is 0 Å². The lowest BCUT2D eigenvalue weighted by Crippen LogP contribution is -2.31. The number of fused-ring (bicyclic) bond motifs is 1. The molecule has 1 atom stereocenters. The fraction of sp³-hybridized carbons (Fsp3) is 0.111. The molecule has 2 N–H and O–H groups in total. The fourth-order valence-corrected chi connectivity index (χ4v) is 2.98. The van der Waals surface area contributed by atoms with Crippen LogP contribution in [0.4, 0.5) is 16.0 Å². The van der Waals surface area contributed by atoms with Crippen LogP contribution in [0.5, 0.6) is 0 Å². The monoisotopic (exact) mass is 350 g/mol. The van der Waals surface area contributed by atoms with Gasteiger partial charge < -0.3 is 10.6 Å². The van der Waals surface area contributed by atoms with E-state index in [2.05, 4.69) is 26.2 Å². The average molecular weight is 350 g/mol. The smallest absolute Gasteiger partial charge is 0.255 e. The van der Waals surface area contributed by atoms with Gasteiger partial charge in [0.25, 0.3) is 5.91 Å². The number of para-hydroxylation sites is 1. The van der Waals surface area contributed by atoms with Gasteiger partial charge in [0, 0.05) is 11.4 Å². The third kappa shape index (κ3) is 2.81. The summed E-state index contributed by atoms with van der Waals surface area (Å²) in [5.41, 5.74) is 2.48. The van der Waals surface area contributed by atoms with Crippen molar-refractivity contribution in [1.82, 2.24) is 20.2 Å². The summed E-state index contributed by atoms with van der Waals surface area (Å²) in [6.07, 6.45) is 0. The first kappa shape index (κ1) is 15.9. The molecule has 0 radical (unpaired) electrons. The highest BCUT2D eigenvalue weighted by atomic mass is 19.1. The van der Waals surface area contributed by atoms with Crippen molar-refractivity contribution in [2.45, 2.75) is 13.0 Å². The van der Waals surface area contributed by atoms with E-state index in [4.69, 9.17) is 0 Å². The number of rotatable bonds is 3. The summed E-state index contributed by atoms with van der Waals surface area (Å²) >= 11 is 0. The summed E-state index contributed by atoms with van der Waals surface area (Å²) in [6.45, 7) is 1.79. The molecule has 0 saturated carbocycles. The van der Waals surface area contributed by atoms with Crippen LogP contribution in [-0.4, -0.2) is 26.1 Å². The highest BCUT2D eigenvalue weighted by molar-refractivity contribution is 6.05. The van der Waals surface area contributed by atoms with Crippen LogP contribution in [-0.2, 0) is 4.79 Å². The minimum Gasteiger partial charge on any atom is -0.326 e. The van der Waals surface area contributed by atoms with Gasteiger partial charge in [-0.15, -0.1) is 0 Å². The van der Waals surface area contributed by atoms with Crippen LogP contribution in [0.3, 0.4) is 0 Å². The lowest BCUT2D eigenvalue weighted by Gasteiger charge is -2.28. The highest BCUT2D eigenvalue weighted by Gasteiger charge is 2.34. The van der Waals surface area contributed by atoms with Crippen molar-refractivity contribution in [3.8, 4) is 0 Å². The Kier molecular flexibility index (Phi) is 3.92. The maximum Gasteiger partial charge on any atom is 0.255 e. The van der Waals surface area contributed by atoms with Crippen molar-refractivity contribution < 1.29 is 9.18 Å². The number of aromatic nitrogens is 4. The molecular weight excluding hydrogens is 335 g/mol. The molecule has 1 aliphatic heterocycles. The van der Waals surface area contributed by atoms with E-state index in [9.17, 15) is 9.18 Å². The number of tetrazole rings is 1. The second-order valence-corrected chi connectivity index (χ2v) is 5.88. The summed E-state index contributed by atoms with van der Waals surface area (Å²) in [4.78, 5) is 13.0. The molecule has 0 bridgehead atoms. The number of amides is 1. The van der Waals surface area contributed by atoms with Gasteiger partial charge in [-0.05, 0) is 47.2 Å². The number of hydrogen-bond acceptors (Lipinski definition) is 5. The zero-order valence-electron chi connectivity index (χ0n) is 13.8. The largest absolute Gasteiger partial charge is 0.326 e. The van der Waals surface area contributed by atoms with Crippen LogP contribution in [0.2, 0.25) is 0 Å². The molecule has 26 heavy (non-hydrogen) atoms. The lowest BCUT2D eigenvalue weighted by atomic mass is 9.95. The Balaban J connectivity index is 1.77. The molecule has 0 aliphatic carbocycles. The number of anilines is 2. The van der Waals surface area contributed by atoms with Gasteiger partial charge in [0.15, 0.2) is 0 Å². The van der Waals surface area contributed by atoms with Crippen LogP contribution in [0, 0.1) is 5.82 Å². The quantitative estimate of drug-likeness (QED) is 0.759. The van der Waals surface area contributed by atoms with Gasteiger partial charge in [-0.1, -0.05) is 35.4 Å². The first-order valence-electron chi connectivity index (χ1n) is 8.01. The van der Waals surface area contributed by atoms with Gasteiger partial charge in [-0.2, -0.15) is 4.68 Å². The molecule has 2 heterocycles. The topological polar surface area (TPSA) is 84.7 Å². The van der Waals surface area contributed by atoms with Gasteiger partial charge >= 0.3 is 0 Å². The predicted molar refractivity (Wildman–Crippen MR) is 93.8 cm³/mol. The maximum atomic E-state index is 13.4. The molecule has 7 nitrogen and oxygen atoms in total. The molecule has 2 aromatic carbocycles. The molecule has 1 aliphatic rings. The van der Waals surface area contributed by atoms with Crippen molar-refractivity contribution in [3.05, 3.63) is 77.2 Å². The van der Waals surface area contributed by atoms with Crippen LogP contribution in [0.1, 0.15) is 18.5 Å². The van der Waals surface area contributed by atoms with E-state index in [0.29, 0.717) is 28.5 Å². The summed E-state index contributed by atoms with van der Waals surface area (Å²) in [6, 6.07) is 14.5. The Morgan fingerprint density at radius 1 is 1.15 bits per heavy atom. The molecule has 1 unspecified atom stereocenters. The third-order valence-corrected chi connectivity index (χ3v) is 4.18. The predicted octanol–water partition coefficient (Wildman–Crippen LogP) is 2.74. The Morgan fingerprint density at radius 3 is 2.62 bits per heavy atom. The summed E-state index contributed by atoms with van der Waals surface area (Å²) in [5, 5.41) is 17.5. The van der Waals surface area contributed by atoms with Crippen LogP contribution in [0.25, 0.3) is 0 Å². The molecule has 8 heteroatoms. The fourth-order valence-electron chi connectivity index (χ4n) is 2.98. The lowest BCUT2D eigenvalue weighted by molar-refractivity contribution is -0.113. The Hall–Kier alpha value is -3.55. The first-order chi connectivity index (χ1) is 12.6. The van der Waals surface area contributed by atoms with Crippen molar-refractivity contribution in [1.29, 1.82) is 0 Å². The second-order valence-electron chi connectivity index (χ2n) is 5.88. The molecule has 0 fully saturated rings. The van der Waals surface area contributed by atoms with Gasteiger partial charge in [-0.25, -0.2) is 4.39 Å². The van der Waals surface area contributed by atoms with E-state index in [0.717, 1.165) is 0 Å². The average Bonchev–Trinajstić information content (AvgIpc) is 3.10. The first-order valence-corrected chi connectivity index (χ1v) is 8.01. The summed E-state index contributed by atoms with van der Waals surface area (Å²) in [7, 11) is 0. The minimum atomic E-state index is -0.564. The summed E-state index contributed by atoms with van der Waals surface area (Å²) < 4.78 is 14.9. The molecule has 4 rings (SSSR count). The molecular formula is C18H15FN6O. The SMILES string of the molecule is CC1=C(C(=O)Nc2ccccc2)C(c2ccc(F)cc2)n2nnnc2N1. The number of nitrogens with zero attached hydrogens (tertiary/aromatic N) is 4. The van der Waals surface area contributed by atoms with E-state index in [1.54, 1.807) is 31.2 Å². The maximum absolute atomic E-state index is 13.4. The third-order valence-electron chi connectivity index (χ3n) is 4.18. The van der Waals surface area contributed by atoms with Gasteiger partial charge in [-0.3, -0.25) is 4.79 Å². The number of halogens is 1. The van der Waals surface area contributed by atoms with Crippen molar-refractivity contribution in [3.63, 3.8) is 0 Å². The highest BCUT2D eigenvalue weighted by Crippen LogP contribution is 2.34. The summed E-state index contributed by atoms with van der Waals surface area (Å²) in [5.74, 6) is -0.208. The molecule has 130 valence electrons. The van der Waals surface area contributed by atoms with Crippen molar-refractivity contribution >= 4 is 17.5 Å². The Labute approximate surface area is 148 Å².